The second-order valence-corrected chi connectivity index (χ2v) is 5.78. The topological polar surface area (TPSA) is 56.8 Å². The minimum atomic E-state index is -0.869. The van der Waals surface area contributed by atoms with Gasteiger partial charge in [-0.3, -0.25) is 4.79 Å². The number of amides is 1. The van der Waals surface area contributed by atoms with Crippen molar-refractivity contribution in [3.8, 4) is 17.2 Å². The lowest BCUT2D eigenvalue weighted by Crippen LogP contribution is -2.30. The highest BCUT2D eigenvalue weighted by atomic mass is 35.5. The van der Waals surface area contributed by atoms with Crippen LogP contribution < -0.4 is 19.5 Å². The number of methoxy groups -OCH3 is 2. The number of carbonyl (C=O) groups is 1. The number of halogens is 2. The Morgan fingerprint density at radius 2 is 1.76 bits per heavy atom. The monoisotopic (exact) mass is 367 g/mol. The van der Waals surface area contributed by atoms with Gasteiger partial charge in [0.2, 0.25) is 5.75 Å². The first-order valence-electron chi connectivity index (χ1n) is 7.51. The molecule has 0 saturated heterocycles. The molecule has 0 spiro atoms. The summed E-state index contributed by atoms with van der Waals surface area (Å²) in [5, 5.41) is 2.70. The van der Waals surface area contributed by atoms with E-state index < -0.39 is 17.8 Å². The van der Waals surface area contributed by atoms with Gasteiger partial charge < -0.3 is 19.5 Å². The molecule has 1 atom stereocenters. The molecule has 0 saturated carbocycles. The second-order valence-electron chi connectivity index (χ2n) is 5.37. The van der Waals surface area contributed by atoms with Gasteiger partial charge in [-0.25, -0.2) is 4.39 Å². The first-order valence-corrected chi connectivity index (χ1v) is 7.88. The number of nitrogens with one attached hydrogen (secondary N) is 1. The third-order valence-electron chi connectivity index (χ3n) is 3.46. The molecule has 7 heteroatoms. The lowest BCUT2D eigenvalue weighted by molar-refractivity contribution is -0.122. The molecule has 0 heterocycles. The number of benzene rings is 2. The molecule has 2 aromatic carbocycles. The van der Waals surface area contributed by atoms with Gasteiger partial charge in [0.15, 0.2) is 17.6 Å². The van der Waals surface area contributed by atoms with E-state index in [-0.39, 0.29) is 5.02 Å². The molecule has 2 aromatic rings. The van der Waals surface area contributed by atoms with Crippen LogP contribution in [0.2, 0.25) is 5.02 Å². The van der Waals surface area contributed by atoms with E-state index in [1.807, 2.05) is 6.92 Å². The van der Waals surface area contributed by atoms with Crippen molar-refractivity contribution in [1.29, 1.82) is 0 Å². The summed E-state index contributed by atoms with van der Waals surface area (Å²) in [4.78, 5) is 12.4. The zero-order chi connectivity index (χ0) is 18.6. The predicted molar refractivity (Wildman–Crippen MR) is 94.4 cm³/mol. The van der Waals surface area contributed by atoms with Crippen LogP contribution in [0.25, 0.3) is 0 Å². The molecule has 1 amide bonds. The zero-order valence-corrected chi connectivity index (χ0v) is 15.1. The molecule has 0 fully saturated rings. The maximum absolute atomic E-state index is 13.1. The highest BCUT2D eigenvalue weighted by Crippen LogP contribution is 2.39. The summed E-state index contributed by atoms with van der Waals surface area (Å²) in [5.41, 5.74) is 1.22. The van der Waals surface area contributed by atoms with Crippen molar-refractivity contribution in [2.24, 2.45) is 0 Å². The number of rotatable bonds is 6. The van der Waals surface area contributed by atoms with E-state index in [2.05, 4.69) is 5.32 Å². The van der Waals surface area contributed by atoms with Crippen molar-refractivity contribution in [3.05, 3.63) is 46.7 Å². The normalized spacial score (nSPS) is 11.6. The van der Waals surface area contributed by atoms with Crippen LogP contribution in [0, 0.1) is 12.7 Å². The minimum absolute atomic E-state index is 0.103. The van der Waals surface area contributed by atoms with Crippen molar-refractivity contribution in [2.45, 2.75) is 20.0 Å². The predicted octanol–water partition coefficient (Wildman–Crippen LogP) is 4.21. The maximum atomic E-state index is 13.1. The SMILES string of the molecule is COc1cc(C)cc(OC)c1O[C@@H](C)C(=O)Nc1ccc(F)cc1Cl. The molecule has 25 heavy (non-hydrogen) atoms. The minimum Gasteiger partial charge on any atom is -0.493 e. The second kappa shape index (κ2) is 8.07. The fourth-order valence-corrected chi connectivity index (χ4v) is 2.40. The fraction of sp³-hybridized carbons (Fsp3) is 0.278. The summed E-state index contributed by atoms with van der Waals surface area (Å²) in [6.45, 7) is 3.47. The Bertz CT molecular complexity index is 757. The number of carbonyl (C=O) groups excluding carboxylic acids is 1. The maximum Gasteiger partial charge on any atom is 0.265 e. The van der Waals surface area contributed by atoms with E-state index >= 15 is 0 Å². The van der Waals surface area contributed by atoms with E-state index in [1.165, 1.54) is 26.4 Å². The summed E-state index contributed by atoms with van der Waals surface area (Å²) in [6, 6.07) is 7.27. The molecular weight excluding hydrogens is 349 g/mol. The van der Waals surface area contributed by atoms with Crippen molar-refractivity contribution in [3.63, 3.8) is 0 Å². The van der Waals surface area contributed by atoms with Crippen LogP contribution in [-0.2, 0) is 4.79 Å². The van der Waals surface area contributed by atoms with Gasteiger partial charge in [0.05, 0.1) is 24.9 Å². The highest BCUT2D eigenvalue weighted by molar-refractivity contribution is 6.33. The van der Waals surface area contributed by atoms with Crippen molar-refractivity contribution in [1.82, 2.24) is 0 Å². The number of aryl methyl sites for hydroxylation is 1. The summed E-state index contributed by atoms with van der Waals surface area (Å²) in [5.74, 6) is 0.302. The number of ether oxygens (including phenoxy) is 3. The summed E-state index contributed by atoms with van der Waals surface area (Å²) in [6.07, 6.45) is -0.869. The average molecular weight is 368 g/mol. The van der Waals surface area contributed by atoms with E-state index in [9.17, 15) is 9.18 Å². The van der Waals surface area contributed by atoms with Crippen LogP contribution in [0.15, 0.2) is 30.3 Å². The van der Waals surface area contributed by atoms with E-state index in [4.69, 9.17) is 25.8 Å². The number of hydrogen-bond donors (Lipinski definition) is 1. The van der Waals surface area contributed by atoms with Crippen LogP contribution in [0.4, 0.5) is 10.1 Å². The first-order chi connectivity index (χ1) is 11.8. The third-order valence-corrected chi connectivity index (χ3v) is 3.77. The van der Waals surface area contributed by atoms with E-state index in [0.717, 1.165) is 11.6 Å². The molecule has 0 radical (unpaired) electrons. The Hall–Kier alpha value is -2.47. The Labute approximate surface area is 150 Å². The molecule has 2 rings (SSSR count). The standard InChI is InChI=1S/C18H19ClFNO4/c1-10-7-15(23-3)17(16(8-10)24-4)25-11(2)18(22)21-14-6-5-12(20)9-13(14)19/h5-9,11H,1-4H3,(H,21,22)/t11-/m0/s1. The highest BCUT2D eigenvalue weighted by Gasteiger charge is 2.21. The number of hydrogen-bond acceptors (Lipinski definition) is 4. The van der Waals surface area contributed by atoms with Crippen molar-refractivity contribution >= 4 is 23.2 Å². The van der Waals surface area contributed by atoms with Crippen LogP contribution in [-0.4, -0.2) is 26.2 Å². The molecule has 0 aliphatic rings. The Balaban J connectivity index is 2.18. The van der Waals surface area contributed by atoms with Gasteiger partial charge in [0.25, 0.3) is 5.91 Å². The smallest absolute Gasteiger partial charge is 0.265 e. The largest absolute Gasteiger partial charge is 0.493 e. The fourth-order valence-electron chi connectivity index (χ4n) is 2.18. The van der Waals surface area contributed by atoms with Gasteiger partial charge in [-0.2, -0.15) is 0 Å². The average Bonchev–Trinajstić information content (AvgIpc) is 2.58. The molecule has 0 aromatic heterocycles. The summed E-state index contributed by atoms with van der Waals surface area (Å²) in [7, 11) is 3.01. The molecule has 0 bridgehead atoms. The molecule has 1 N–H and O–H groups in total. The Morgan fingerprint density at radius 1 is 1.16 bits per heavy atom. The van der Waals surface area contributed by atoms with Gasteiger partial charge in [0, 0.05) is 0 Å². The lowest BCUT2D eigenvalue weighted by Gasteiger charge is -2.19. The van der Waals surface area contributed by atoms with Gasteiger partial charge >= 0.3 is 0 Å². The summed E-state index contributed by atoms with van der Waals surface area (Å²) >= 11 is 5.92. The van der Waals surface area contributed by atoms with Crippen LogP contribution >= 0.6 is 11.6 Å². The molecule has 0 unspecified atom stereocenters. The molecule has 0 aliphatic heterocycles. The van der Waals surface area contributed by atoms with Crippen molar-refractivity contribution in [2.75, 3.05) is 19.5 Å². The van der Waals surface area contributed by atoms with Gasteiger partial charge in [0.1, 0.15) is 5.82 Å². The summed E-state index contributed by atoms with van der Waals surface area (Å²) < 4.78 is 29.4. The first kappa shape index (κ1) is 18.9. The van der Waals surface area contributed by atoms with Crippen LogP contribution in [0.1, 0.15) is 12.5 Å². The van der Waals surface area contributed by atoms with Gasteiger partial charge in [-0.15, -0.1) is 0 Å². The molecular formula is C18H19ClFNO4. The zero-order valence-electron chi connectivity index (χ0n) is 14.4. The molecule has 5 nitrogen and oxygen atoms in total. The van der Waals surface area contributed by atoms with E-state index in [0.29, 0.717) is 22.9 Å². The number of anilines is 1. The van der Waals surface area contributed by atoms with Gasteiger partial charge in [-0.05, 0) is 49.7 Å². The van der Waals surface area contributed by atoms with Crippen LogP contribution in [0.3, 0.4) is 0 Å². The lowest BCUT2D eigenvalue weighted by atomic mass is 10.2. The van der Waals surface area contributed by atoms with E-state index in [1.54, 1.807) is 19.1 Å². The van der Waals surface area contributed by atoms with Crippen LogP contribution in [0.5, 0.6) is 17.2 Å². The molecule has 0 aliphatic carbocycles. The Kier molecular flexibility index (Phi) is 6.09. The van der Waals surface area contributed by atoms with Gasteiger partial charge in [-0.1, -0.05) is 11.6 Å². The molecule has 134 valence electrons. The Morgan fingerprint density at radius 3 is 2.28 bits per heavy atom. The third kappa shape index (κ3) is 4.54. The quantitative estimate of drug-likeness (QED) is 0.830. The van der Waals surface area contributed by atoms with Crippen molar-refractivity contribution < 1.29 is 23.4 Å².